The summed E-state index contributed by atoms with van der Waals surface area (Å²) in [5.41, 5.74) is 7.97. The van der Waals surface area contributed by atoms with Crippen LogP contribution in [0, 0.1) is 0 Å². The Balaban J connectivity index is 1.57. The van der Waals surface area contributed by atoms with Crippen LogP contribution >= 0.6 is 11.6 Å². The summed E-state index contributed by atoms with van der Waals surface area (Å²) in [7, 11) is 1.60. The van der Waals surface area contributed by atoms with Crippen LogP contribution in [0.3, 0.4) is 0 Å². The van der Waals surface area contributed by atoms with Gasteiger partial charge in [-0.3, -0.25) is 19.6 Å². The van der Waals surface area contributed by atoms with Crippen molar-refractivity contribution in [2.75, 3.05) is 27.9 Å². The molecule has 0 saturated carbocycles. The lowest BCUT2D eigenvalue weighted by Gasteiger charge is -2.34. The van der Waals surface area contributed by atoms with Crippen LogP contribution < -0.4 is 20.9 Å². The van der Waals surface area contributed by atoms with E-state index in [0.29, 0.717) is 27.9 Å². The average molecular weight is 436 g/mol. The van der Waals surface area contributed by atoms with E-state index in [0.717, 1.165) is 5.56 Å². The zero-order valence-electron chi connectivity index (χ0n) is 16.5. The number of nitrogen functional groups attached to an aromatic ring is 1. The summed E-state index contributed by atoms with van der Waals surface area (Å²) in [6.07, 6.45) is 6.22. The number of nitrogens with two attached hydrogens (primary N) is 1. The molecule has 9 nitrogen and oxygen atoms in total. The highest BCUT2D eigenvalue weighted by atomic mass is 35.5. The number of rotatable bonds is 4. The van der Waals surface area contributed by atoms with Gasteiger partial charge in [0.2, 0.25) is 11.9 Å². The summed E-state index contributed by atoms with van der Waals surface area (Å²) < 4.78 is 0. The molecule has 10 heteroatoms. The van der Waals surface area contributed by atoms with Crippen LogP contribution in [-0.2, 0) is 11.3 Å². The number of urea groups is 1. The molecule has 3 amide bonds. The molecular formula is C21H18ClN7O2. The van der Waals surface area contributed by atoms with Gasteiger partial charge in [0.05, 0.1) is 22.9 Å². The quantitative estimate of drug-likeness (QED) is 0.607. The minimum absolute atomic E-state index is 0.0911. The SMILES string of the molecule is CN1C(=O)N(c2cc(NC(=O)C=Cc3ccccn3)ccc2Cl)Cc2cnc(N)nc21. The number of amides is 3. The van der Waals surface area contributed by atoms with Crippen molar-refractivity contribution in [1.29, 1.82) is 0 Å². The Bertz CT molecular complexity index is 1180. The van der Waals surface area contributed by atoms with Crippen molar-refractivity contribution in [3.63, 3.8) is 0 Å². The molecule has 0 fully saturated rings. The number of benzene rings is 1. The summed E-state index contributed by atoms with van der Waals surface area (Å²) in [4.78, 5) is 40.4. The molecular weight excluding hydrogens is 418 g/mol. The lowest BCUT2D eigenvalue weighted by atomic mass is 10.2. The standard InChI is InChI=1S/C21H18ClN7O2/c1-28-19-13(11-25-20(23)27-19)12-29(21(28)31)17-10-15(5-7-16(17)22)26-18(30)8-6-14-4-2-3-9-24-14/h2-11H,12H2,1H3,(H,26,30)(H2,23,25,27). The third-order valence-electron chi connectivity index (χ3n) is 4.62. The van der Waals surface area contributed by atoms with Crippen LogP contribution in [0.25, 0.3) is 6.08 Å². The summed E-state index contributed by atoms with van der Waals surface area (Å²) in [5.74, 6) is 0.206. The van der Waals surface area contributed by atoms with Gasteiger partial charge in [0.15, 0.2) is 0 Å². The molecule has 2 aromatic heterocycles. The third-order valence-corrected chi connectivity index (χ3v) is 4.94. The molecule has 1 aliphatic rings. The number of fused-ring (bicyclic) bond motifs is 1. The maximum Gasteiger partial charge on any atom is 0.330 e. The van der Waals surface area contributed by atoms with Crippen molar-refractivity contribution in [3.8, 4) is 0 Å². The van der Waals surface area contributed by atoms with Crippen molar-refractivity contribution in [1.82, 2.24) is 15.0 Å². The molecule has 0 saturated heterocycles. The predicted octanol–water partition coefficient (Wildman–Crippen LogP) is 3.34. The highest BCUT2D eigenvalue weighted by Gasteiger charge is 2.31. The third kappa shape index (κ3) is 4.31. The molecule has 0 radical (unpaired) electrons. The predicted molar refractivity (Wildman–Crippen MR) is 120 cm³/mol. The largest absolute Gasteiger partial charge is 0.368 e. The number of hydrogen-bond acceptors (Lipinski definition) is 6. The van der Waals surface area contributed by atoms with Gasteiger partial charge in [0.25, 0.3) is 0 Å². The van der Waals surface area contributed by atoms with Crippen molar-refractivity contribution in [3.05, 3.63) is 71.1 Å². The Morgan fingerprint density at radius 2 is 2.10 bits per heavy atom. The second-order valence-corrected chi connectivity index (χ2v) is 7.16. The molecule has 1 aliphatic heterocycles. The first kappa shape index (κ1) is 20.3. The lowest BCUT2D eigenvalue weighted by molar-refractivity contribution is -0.111. The Hall–Kier alpha value is -3.98. The molecule has 4 rings (SSSR count). The number of pyridine rings is 1. The number of carbonyl (C=O) groups excluding carboxylic acids is 2. The number of aromatic nitrogens is 3. The molecule has 0 bridgehead atoms. The number of carbonyl (C=O) groups is 2. The van der Waals surface area contributed by atoms with Gasteiger partial charge >= 0.3 is 6.03 Å². The summed E-state index contributed by atoms with van der Waals surface area (Å²) >= 11 is 6.37. The fraction of sp³-hybridized carbons (Fsp3) is 0.0952. The average Bonchev–Trinajstić information content (AvgIpc) is 2.77. The fourth-order valence-corrected chi connectivity index (χ4v) is 3.35. The van der Waals surface area contributed by atoms with Crippen molar-refractivity contribution >= 4 is 52.8 Å². The van der Waals surface area contributed by atoms with E-state index >= 15 is 0 Å². The number of nitrogens with zero attached hydrogens (tertiary/aromatic N) is 5. The van der Waals surface area contributed by atoms with Crippen LogP contribution in [0.15, 0.2) is 54.9 Å². The van der Waals surface area contributed by atoms with Gasteiger partial charge in [-0.25, -0.2) is 9.78 Å². The highest BCUT2D eigenvalue weighted by molar-refractivity contribution is 6.34. The first-order valence-corrected chi connectivity index (χ1v) is 9.66. The smallest absolute Gasteiger partial charge is 0.330 e. The van der Waals surface area contributed by atoms with E-state index in [9.17, 15) is 9.59 Å². The van der Waals surface area contributed by atoms with Gasteiger partial charge in [0.1, 0.15) is 5.82 Å². The molecule has 3 aromatic rings. The molecule has 0 aliphatic carbocycles. The zero-order chi connectivity index (χ0) is 22.0. The fourth-order valence-electron chi connectivity index (χ4n) is 3.13. The molecule has 0 unspecified atom stereocenters. The summed E-state index contributed by atoms with van der Waals surface area (Å²) in [5, 5.41) is 3.13. The van der Waals surface area contributed by atoms with Gasteiger partial charge in [-0.1, -0.05) is 17.7 Å². The van der Waals surface area contributed by atoms with E-state index in [-0.39, 0.29) is 24.4 Å². The lowest BCUT2D eigenvalue weighted by Crippen LogP contribution is -2.46. The molecule has 156 valence electrons. The second kappa shape index (κ2) is 8.41. The Morgan fingerprint density at radius 1 is 1.26 bits per heavy atom. The molecule has 31 heavy (non-hydrogen) atoms. The van der Waals surface area contributed by atoms with E-state index in [4.69, 9.17) is 17.3 Å². The Morgan fingerprint density at radius 3 is 2.87 bits per heavy atom. The van der Waals surface area contributed by atoms with Crippen LogP contribution in [0.1, 0.15) is 11.3 Å². The normalized spacial score (nSPS) is 13.4. The van der Waals surface area contributed by atoms with Crippen molar-refractivity contribution < 1.29 is 9.59 Å². The maximum absolute atomic E-state index is 12.9. The molecule has 0 atom stereocenters. The van der Waals surface area contributed by atoms with Crippen LogP contribution in [0.2, 0.25) is 5.02 Å². The molecule has 3 heterocycles. The maximum atomic E-state index is 12.9. The van der Waals surface area contributed by atoms with Gasteiger partial charge < -0.3 is 11.1 Å². The Labute approximate surface area is 183 Å². The molecule has 0 spiro atoms. The number of nitrogens with one attached hydrogen (secondary N) is 1. The van der Waals surface area contributed by atoms with E-state index in [1.165, 1.54) is 15.9 Å². The minimum atomic E-state index is -0.338. The number of anilines is 4. The second-order valence-electron chi connectivity index (χ2n) is 6.75. The van der Waals surface area contributed by atoms with E-state index in [1.807, 2.05) is 6.07 Å². The minimum Gasteiger partial charge on any atom is -0.368 e. The number of hydrogen-bond donors (Lipinski definition) is 2. The van der Waals surface area contributed by atoms with Crippen LogP contribution in [0.5, 0.6) is 0 Å². The van der Waals surface area contributed by atoms with Crippen LogP contribution in [-0.4, -0.2) is 33.9 Å². The number of halogens is 1. The first-order chi connectivity index (χ1) is 14.9. The highest BCUT2D eigenvalue weighted by Crippen LogP contribution is 2.35. The first-order valence-electron chi connectivity index (χ1n) is 9.28. The van der Waals surface area contributed by atoms with Gasteiger partial charge in [-0.15, -0.1) is 0 Å². The topological polar surface area (TPSA) is 117 Å². The van der Waals surface area contributed by atoms with E-state index in [2.05, 4.69) is 20.3 Å². The zero-order valence-corrected chi connectivity index (χ0v) is 17.2. The van der Waals surface area contributed by atoms with Gasteiger partial charge in [0, 0.05) is 36.8 Å². The van der Waals surface area contributed by atoms with E-state index in [1.54, 1.807) is 55.8 Å². The molecule has 1 aromatic carbocycles. The van der Waals surface area contributed by atoms with Gasteiger partial charge in [-0.2, -0.15) is 4.98 Å². The van der Waals surface area contributed by atoms with Crippen molar-refractivity contribution in [2.45, 2.75) is 6.54 Å². The summed E-state index contributed by atoms with van der Waals surface area (Å²) in [6.45, 7) is 0.218. The van der Waals surface area contributed by atoms with Crippen LogP contribution in [0.4, 0.5) is 27.9 Å². The van der Waals surface area contributed by atoms with E-state index < -0.39 is 0 Å². The van der Waals surface area contributed by atoms with Crippen molar-refractivity contribution in [2.24, 2.45) is 0 Å². The Kier molecular flexibility index (Phi) is 5.50. The summed E-state index contributed by atoms with van der Waals surface area (Å²) in [6, 6.07) is 10.0. The monoisotopic (exact) mass is 435 g/mol. The van der Waals surface area contributed by atoms with Gasteiger partial charge in [-0.05, 0) is 36.4 Å². The molecule has 3 N–H and O–H groups in total.